The predicted octanol–water partition coefficient (Wildman–Crippen LogP) is 2.98. The molecular weight excluding hydrogens is 280 g/mol. The quantitative estimate of drug-likeness (QED) is 0.500. The summed E-state index contributed by atoms with van der Waals surface area (Å²) >= 11 is 1.33. The number of aliphatic hydroxyl groups is 1. The van der Waals surface area contributed by atoms with Crippen molar-refractivity contribution in [3.05, 3.63) is 54.5 Å². The molecule has 0 aliphatic carbocycles. The van der Waals surface area contributed by atoms with E-state index in [1.54, 1.807) is 0 Å². The summed E-state index contributed by atoms with van der Waals surface area (Å²) in [6.07, 6.45) is 3.33. The van der Waals surface area contributed by atoms with Gasteiger partial charge in [0.15, 0.2) is 0 Å². The molecule has 1 aromatic carbocycles. The van der Waals surface area contributed by atoms with E-state index < -0.39 is 17.5 Å². The van der Waals surface area contributed by atoms with Crippen molar-refractivity contribution in [2.75, 3.05) is 0 Å². The zero-order chi connectivity index (χ0) is 14.5. The van der Waals surface area contributed by atoms with E-state index in [9.17, 15) is 14.7 Å². The van der Waals surface area contributed by atoms with Crippen LogP contribution in [0.25, 0.3) is 5.76 Å². The Morgan fingerprint density at radius 3 is 2.45 bits per heavy atom. The van der Waals surface area contributed by atoms with Crippen LogP contribution >= 0.6 is 11.8 Å². The maximum Gasteiger partial charge on any atom is 0.376 e. The first kappa shape index (κ1) is 14.0. The van der Waals surface area contributed by atoms with Gasteiger partial charge in [-0.25, -0.2) is 4.79 Å². The fourth-order valence-electron chi connectivity index (χ4n) is 1.43. The van der Waals surface area contributed by atoms with Crippen molar-refractivity contribution in [2.45, 2.75) is 9.79 Å². The Labute approximate surface area is 118 Å². The van der Waals surface area contributed by atoms with E-state index >= 15 is 0 Å². The summed E-state index contributed by atoms with van der Waals surface area (Å²) in [5.41, 5.74) is 0.272. The topological polar surface area (TPSA) is 87.7 Å². The van der Waals surface area contributed by atoms with Crippen LogP contribution < -0.4 is 0 Å². The lowest BCUT2D eigenvalue weighted by Crippen LogP contribution is -2.09. The van der Waals surface area contributed by atoms with Gasteiger partial charge in [0.2, 0.25) is 0 Å². The van der Waals surface area contributed by atoms with Gasteiger partial charge in [-0.3, -0.25) is 4.79 Å². The van der Waals surface area contributed by atoms with Crippen LogP contribution in [0.1, 0.15) is 5.56 Å². The number of rotatable bonds is 5. The van der Waals surface area contributed by atoms with Crippen molar-refractivity contribution in [2.24, 2.45) is 0 Å². The molecule has 20 heavy (non-hydrogen) atoms. The monoisotopic (exact) mass is 290 g/mol. The highest BCUT2D eigenvalue weighted by atomic mass is 32.2. The van der Waals surface area contributed by atoms with Gasteiger partial charge < -0.3 is 14.6 Å². The number of aliphatic carboxylic acids is 1. The number of hydrogen-bond donors (Lipinski definition) is 2. The minimum absolute atomic E-state index is 0.272. The smallest absolute Gasteiger partial charge is 0.376 e. The summed E-state index contributed by atoms with van der Waals surface area (Å²) < 4.78 is 5.00. The number of carbonyl (C=O) groups is 2. The summed E-state index contributed by atoms with van der Waals surface area (Å²) in [5, 5.41) is 18.3. The van der Waals surface area contributed by atoms with Gasteiger partial charge in [-0.1, -0.05) is 30.0 Å². The Hall–Kier alpha value is -2.47. The summed E-state index contributed by atoms with van der Waals surface area (Å²) in [6, 6.07) is 9.37. The third-order valence-electron chi connectivity index (χ3n) is 2.35. The molecule has 0 radical (unpaired) electrons. The molecule has 102 valence electrons. The molecule has 0 spiro atoms. The molecule has 0 amide bonds. The third-order valence-corrected chi connectivity index (χ3v) is 3.40. The molecule has 2 rings (SSSR count). The van der Waals surface area contributed by atoms with Gasteiger partial charge in [-0.15, -0.1) is 0 Å². The highest BCUT2D eigenvalue weighted by molar-refractivity contribution is 7.99. The maximum atomic E-state index is 11.0. The van der Waals surface area contributed by atoms with Crippen LogP contribution in [0.5, 0.6) is 0 Å². The number of carboxylic acid groups (broad SMARTS) is 1. The van der Waals surface area contributed by atoms with Crippen molar-refractivity contribution in [1.82, 2.24) is 0 Å². The zero-order valence-electron chi connectivity index (χ0n) is 10.1. The molecule has 1 aromatic heterocycles. The summed E-state index contributed by atoms with van der Waals surface area (Å²) in [6.45, 7) is 0. The molecule has 2 N–H and O–H groups in total. The van der Waals surface area contributed by atoms with Crippen molar-refractivity contribution in [3.8, 4) is 0 Å². The summed E-state index contributed by atoms with van der Waals surface area (Å²) in [4.78, 5) is 23.0. The van der Waals surface area contributed by atoms with Gasteiger partial charge in [-0.05, 0) is 12.1 Å². The van der Waals surface area contributed by atoms with Crippen molar-refractivity contribution < 1.29 is 24.2 Å². The first-order valence-corrected chi connectivity index (χ1v) is 6.37. The third kappa shape index (κ3) is 3.30. The lowest BCUT2D eigenvalue weighted by atomic mass is 10.2. The van der Waals surface area contributed by atoms with Gasteiger partial charge in [0, 0.05) is 11.0 Å². The van der Waals surface area contributed by atoms with Crippen molar-refractivity contribution >= 4 is 29.3 Å². The van der Waals surface area contributed by atoms with E-state index in [0.717, 1.165) is 4.90 Å². The normalized spacial score (nSPS) is 11.3. The minimum Gasteiger partial charge on any atom is -0.507 e. The SMILES string of the molecule is O=C(O)C(=O)C=C(O)c1cocc1Sc1ccccc1. The standard InChI is InChI=1S/C14H10O5S/c15-11(6-12(16)14(17)18)10-7-19-8-13(10)20-9-4-2-1-3-5-9/h1-8,15H,(H,17,18). The second-order valence-corrected chi connectivity index (χ2v) is 4.88. The van der Waals surface area contributed by atoms with Gasteiger partial charge in [-0.2, -0.15) is 0 Å². The van der Waals surface area contributed by atoms with E-state index in [-0.39, 0.29) is 5.56 Å². The molecular formula is C14H10O5S. The molecule has 0 aliphatic heterocycles. The van der Waals surface area contributed by atoms with Gasteiger partial charge >= 0.3 is 5.97 Å². The Kier molecular flexibility index (Phi) is 4.27. The van der Waals surface area contributed by atoms with Crippen LogP contribution in [0, 0.1) is 0 Å². The average molecular weight is 290 g/mol. The Morgan fingerprint density at radius 1 is 1.10 bits per heavy atom. The fraction of sp³-hybridized carbons (Fsp3) is 0. The van der Waals surface area contributed by atoms with E-state index in [1.807, 2.05) is 30.3 Å². The van der Waals surface area contributed by atoms with Crippen LogP contribution in [-0.4, -0.2) is 22.0 Å². The Bertz CT molecular complexity index is 657. The van der Waals surface area contributed by atoms with Crippen LogP contribution in [-0.2, 0) is 9.59 Å². The van der Waals surface area contributed by atoms with Gasteiger partial charge in [0.25, 0.3) is 5.78 Å². The second-order valence-electron chi connectivity index (χ2n) is 3.76. The number of carboxylic acids is 1. The largest absolute Gasteiger partial charge is 0.507 e. The Morgan fingerprint density at radius 2 is 1.80 bits per heavy atom. The first-order chi connectivity index (χ1) is 9.58. The average Bonchev–Trinajstić information content (AvgIpc) is 2.88. The molecule has 0 fully saturated rings. The maximum absolute atomic E-state index is 11.0. The lowest BCUT2D eigenvalue weighted by molar-refractivity contribution is -0.146. The predicted molar refractivity (Wildman–Crippen MR) is 72.5 cm³/mol. The van der Waals surface area contributed by atoms with E-state index in [4.69, 9.17) is 9.52 Å². The molecule has 0 unspecified atom stereocenters. The summed E-state index contributed by atoms with van der Waals surface area (Å²) in [7, 11) is 0. The van der Waals surface area contributed by atoms with Gasteiger partial charge in [0.05, 0.1) is 10.5 Å². The van der Waals surface area contributed by atoms with E-state index in [0.29, 0.717) is 11.0 Å². The first-order valence-electron chi connectivity index (χ1n) is 5.55. The van der Waals surface area contributed by atoms with Crippen molar-refractivity contribution in [3.63, 3.8) is 0 Å². The minimum atomic E-state index is -1.63. The van der Waals surface area contributed by atoms with Crippen molar-refractivity contribution in [1.29, 1.82) is 0 Å². The van der Waals surface area contributed by atoms with Crippen LogP contribution in [0.15, 0.2) is 63.1 Å². The molecule has 0 saturated heterocycles. The molecule has 2 aromatic rings. The highest BCUT2D eigenvalue weighted by Gasteiger charge is 2.15. The number of hydrogen-bond acceptors (Lipinski definition) is 5. The summed E-state index contributed by atoms with van der Waals surface area (Å²) in [5.74, 6) is -3.26. The zero-order valence-corrected chi connectivity index (χ0v) is 11.0. The number of carbonyl (C=O) groups excluding carboxylic acids is 1. The van der Waals surface area contributed by atoms with Crippen LogP contribution in [0.4, 0.5) is 0 Å². The van der Waals surface area contributed by atoms with Crippen LogP contribution in [0.3, 0.4) is 0 Å². The number of aliphatic hydroxyl groups excluding tert-OH is 1. The highest BCUT2D eigenvalue weighted by Crippen LogP contribution is 2.33. The van der Waals surface area contributed by atoms with Crippen LogP contribution in [0.2, 0.25) is 0 Å². The molecule has 0 bridgehead atoms. The van der Waals surface area contributed by atoms with E-state index in [2.05, 4.69) is 0 Å². The molecule has 0 atom stereocenters. The second kappa shape index (κ2) is 6.12. The van der Waals surface area contributed by atoms with Gasteiger partial charge in [0.1, 0.15) is 18.3 Å². The molecule has 0 aliphatic rings. The molecule has 5 nitrogen and oxygen atoms in total. The fourth-order valence-corrected chi connectivity index (χ4v) is 2.34. The molecule has 6 heteroatoms. The molecule has 1 heterocycles. The van der Waals surface area contributed by atoms with E-state index in [1.165, 1.54) is 24.3 Å². The molecule has 0 saturated carbocycles. The Balaban J connectivity index is 2.25. The number of ketones is 1. The number of furan rings is 1. The lowest BCUT2D eigenvalue weighted by Gasteiger charge is -2.01. The number of benzene rings is 1.